The van der Waals surface area contributed by atoms with Crippen LogP contribution in [0.25, 0.3) is 0 Å². The van der Waals surface area contributed by atoms with Gasteiger partial charge in [-0.2, -0.15) is 0 Å². The van der Waals surface area contributed by atoms with Crippen LogP contribution in [0, 0.1) is 5.92 Å². The summed E-state index contributed by atoms with van der Waals surface area (Å²) in [6, 6.07) is 0.839. The molecule has 2 saturated heterocycles. The van der Waals surface area contributed by atoms with Crippen molar-refractivity contribution in [1.82, 2.24) is 14.7 Å². The van der Waals surface area contributed by atoms with Crippen molar-refractivity contribution in [3.8, 4) is 0 Å². The Kier molecular flexibility index (Phi) is 5.17. The topological polar surface area (TPSA) is 26.8 Å². The highest BCUT2D eigenvalue weighted by Crippen LogP contribution is 2.24. The lowest BCUT2D eigenvalue weighted by atomic mass is 9.99. The van der Waals surface area contributed by atoms with Crippen molar-refractivity contribution in [3.05, 3.63) is 0 Å². The molecule has 0 aromatic rings. The largest absolute Gasteiger partial charge is 0.342 e. The van der Waals surface area contributed by atoms with Crippen molar-refractivity contribution >= 4 is 5.91 Å². The average Bonchev–Trinajstić information content (AvgIpc) is 3.03. The predicted molar refractivity (Wildman–Crippen MR) is 85.2 cm³/mol. The van der Waals surface area contributed by atoms with E-state index in [1.54, 1.807) is 0 Å². The Morgan fingerprint density at radius 1 is 0.905 bits per heavy atom. The molecule has 1 amide bonds. The van der Waals surface area contributed by atoms with Gasteiger partial charge in [0.15, 0.2) is 0 Å². The Hall–Kier alpha value is -0.610. The SMILES string of the molecule is CC1CCN(C(=O)CN2CCN(C3CCCC3)CC2)CC1. The second-order valence-electron chi connectivity index (χ2n) is 7.31. The van der Waals surface area contributed by atoms with Gasteiger partial charge in [-0.25, -0.2) is 0 Å². The molecule has 0 unspecified atom stereocenters. The third-order valence-corrected chi connectivity index (χ3v) is 5.74. The lowest BCUT2D eigenvalue weighted by Gasteiger charge is -2.39. The Bertz CT molecular complexity index is 338. The van der Waals surface area contributed by atoms with Gasteiger partial charge in [-0.3, -0.25) is 14.6 Å². The number of carbonyl (C=O) groups excluding carboxylic acids is 1. The highest BCUT2D eigenvalue weighted by molar-refractivity contribution is 5.78. The summed E-state index contributed by atoms with van der Waals surface area (Å²) in [4.78, 5) is 19.5. The van der Waals surface area contributed by atoms with E-state index in [0.717, 1.165) is 51.2 Å². The van der Waals surface area contributed by atoms with Crippen LogP contribution in [-0.4, -0.2) is 72.5 Å². The van der Waals surface area contributed by atoms with Gasteiger partial charge in [0.05, 0.1) is 6.54 Å². The normalized spacial score (nSPS) is 27.4. The van der Waals surface area contributed by atoms with Gasteiger partial charge in [0.1, 0.15) is 0 Å². The molecule has 0 radical (unpaired) electrons. The summed E-state index contributed by atoms with van der Waals surface area (Å²) >= 11 is 0. The van der Waals surface area contributed by atoms with E-state index in [1.165, 1.54) is 38.5 Å². The average molecular weight is 293 g/mol. The molecule has 0 aromatic heterocycles. The van der Waals surface area contributed by atoms with Crippen molar-refractivity contribution in [2.75, 3.05) is 45.8 Å². The molecular formula is C17H31N3O. The molecule has 120 valence electrons. The van der Waals surface area contributed by atoms with Crippen molar-refractivity contribution < 1.29 is 4.79 Å². The Morgan fingerprint density at radius 2 is 1.52 bits per heavy atom. The summed E-state index contributed by atoms with van der Waals surface area (Å²) in [5, 5.41) is 0. The molecule has 1 saturated carbocycles. The van der Waals surface area contributed by atoms with Crippen LogP contribution < -0.4 is 0 Å². The number of piperazine rings is 1. The summed E-state index contributed by atoms with van der Waals surface area (Å²) < 4.78 is 0. The monoisotopic (exact) mass is 293 g/mol. The van der Waals surface area contributed by atoms with E-state index in [0.29, 0.717) is 12.5 Å². The highest BCUT2D eigenvalue weighted by atomic mass is 16.2. The third-order valence-electron chi connectivity index (χ3n) is 5.74. The van der Waals surface area contributed by atoms with Crippen molar-refractivity contribution in [2.24, 2.45) is 5.92 Å². The lowest BCUT2D eigenvalue weighted by molar-refractivity contribution is -0.134. The lowest BCUT2D eigenvalue weighted by Crippen LogP contribution is -2.52. The van der Waals surface area contributed by atoms with Gasteiger partial charge in [-0.15, -0.1) is 0 Å². The van der Waals surface area contributed by atoms with Crippen LogP contribution in [0.4, 0.5) is 0 Å². The van der Waals surface area contributed by atoms with Crippen molar-refractivity contribution in [2.45, 2.75) is 51.5 Å². The molecule has 3 fully saturated rings. The minimum absolute atomic E-state index is 0.358. The Morgan fingerprint density at radius 3 is 2.14 bits per heavy atom. The number of nitrogens with zero attached hydrogens (tertiary/aromatic N) is 3. The first-order valence-electron chi connectivity index (χ1n) is 8.96. The van der Waals surface area contributed by atoms with Crippen LogP contribution in [0.1, 0.15) is 45.4 Å². The van der Waals surface area contributed by atoms with Gasteiger partial charge in [-0.05, 0) is 31.6 Å². The van der Waals surface area contributed by atoms with Crippen molar-refractivity contribution in [1.29, 1.82) is 0 Å². The molecule has 21 heavy (non-hydrogen) atoms. The quantitative estimate of drug-likeness (QED) is 0.794. The van der Waals surface area contributed by atoms with Crippen LogP contribution in [0.5, 0.6) is 0 Å². The van der Waals surface area contributed by atoms with E-state index in [4.69, 9.17) is 0 Å². The highest BCUT2D eigenvalue weighted by Gasteiger charge is 2.28. The maximum Gasteiger partial charge on any atom is 0.236 e. The van der Waals surface area contributed by atoms with Gasteiger partial charge >= 0.3 is 0 Å². The first-order valence-corrected chi connectivity index (χ1v) is 8.96. The molecule has 4 heteroatoms. The number of hydrogen-bond donors (Lipinski definition) is 0. The number of hydrogen-bond acceptors (Lipinski definition) is 3. The molecular weight excluding hydrogens is 262 g/mol. The number of piperidine rings is 1. The second-order valence-corrected chi connectivity index (χ2v) is 7.31. The molecule has 0 N–H and O–H groups in total. The first-order chi connectivity index (χ1) is 10.2. The third kappa shape index (κ3) is 3.98. The zero-order chi connectivity index (χ0) is 14.7. The summed E-state index contributed by atoms with van der Waals surface area (Å²) in [6.07, 6.45) is 7.98. The van der Waals surface area contributed by atoms with Crippen LogP contribution in [0.3, 0.4) is 0 Å². The molecule has 1 aliphatic carbocycles. The summed E-state index contributed by atoms with van der Waals surface area (Å²) in [7, 11) is 0. The first kappa shape index (κ1) is 15.3. The minimum atomic E-state index is 0.358. The van der Waals surface area contributed by atoms with Gasteiger partial charge < -0.3 is 4.90 Å². The van der Waals surface area contributed by atoms with E-state index in [9.17, 15) is 4.79 Å². The van der Waals surface area contributed by atoms with Gasteiger partial charge in [0.25, 0.3) is 0 Å². The number of carbonyl (C=O) groups is 1. The van der Waals surface area contributed by atoms with E-state index >= 15 is 0 Å². The van der Waals surface area contributed by atoms with Crippen LogP contribution in [-0.2, 0) is 4.79 Å². The number of likely N-dealkylation sites (tertiary alicyclic amines) is 1. The molecule has 0 atom stereocenters. The van der Waals surface area contributed by atoms with Gasteiger partial charge in [0.2, 0.25) is 5.91 Å². The van der Waals surface area contributed by atoms with E-state index in [-0.39, 0.29) is 0 Å². The minimum Gasteiger partial charge on any atom is -0.342 e. The summed E-state index contributed by atoms with van der Waals surface area (Å²) in [5.41, 5.74) is 0. The molecule has 2 heterocycles. The van der Waals surface area contributed by atoms with E-state index < -0.39 is 0 Å². The number of rotatable bonds is 3. The fourth-order valence-electron chi connectivity index (χ4n) is 4.11. The van der Waals surface area contributed by atoms with E-state index in [2.05, 4.69) is 21.6 Å². The zero-order valence-electron chi connectivity index (χ0n) is 13.6. The van der Waals surface area contributed by atoms with Gasteiger partial charge in [-0.1, -0.05) is 19.8 Å². The summed E-state index contributed by atoms with van der Waals surface area (Å²) in [6.45, 7) is 9.37. The molecule has 3 aliphatic rings. The molecule has 0 aromatic carbocycles. The maximum atomic E-state index is 12.4. The van der Waals surface area contributed by atoms with Crippen LogP contribution in [0.2, 0.25) is 0 Å². The Labute approximate surface area is 129 Å². The fraction of sp³-hybridized carbons (Fsp3) is 0.941. The molecule has 3 rings (SSSR count). The van der Waals surface area contributed by atoms with Gasteiger partial charge in [0, 0.05) is 45.3 Å². The van der Waals surface area contributed by atoms with Crippen LogP contribution >= 0.6 is 0 Å². The Balaban J connectivity index is 1.39. The predicted octanol–water partition coefficient (Wildman–Crippen LogP) is 1.81. The molecule has 2 aliphatic heterocycles. The maximum absolute atomic E-state index is 12.4. The second kappa shape index (κ2) is 7.10. The fourth-order valence-corrected chi connectivity index (χ4v) is 4.11. The van der Waals surface area contributed by atoms with E-state index in [1.807, 2.05) is 0 Å². The molecule has 4 nitrogen and oxygen atoms in total. The molecule has 0 spiro atoms. The van der Waals surface area contributed by atoms with Crippen molar-refractivity contribution in [3.63, 3.8) is 0 Å². The smallest absolute Gasteiger partial charge is 0.236 e. The molecule has 0 bridgehead atoms. The summed E-state index contributed by atoms with van der Waals surface area (Å²) in [5.74, 6) is 1.15. The van der Waals surface area contributed by atoms with Crippen LogP contribution in [0.15, 0.2) is 0 Å². The number of amides is 1. The standard InChI is InChI=1S/C17H31N3O/c1-15-6-8-20(9-7-15)17(21)14-18-10-12-19(13-11-18)16-4-2-3-5-16/h15-16H,2-14H2,1H3. The zero-order valence-corrected chi connectivity index (χ0v) is 13.6.